The second-order valence-corrected chi connectivity index (χ2v) is 5.95. The predicted octanol–water partition coefficient (Wildman–Crippen LogP) is 1.57. The number of nitrogens with one attached hydrogen (secondary N) is 1. The van der Waals surface area contributed by atoms with Crippen LogP contribution in [0.4, 0.5) is 14.5 Å². The van der Waals surface area contributed by atoms with E-state index in [1.54, 1.807) is 14.0 Å². The molecule has 5 nitrogen and oxygen atoms in total. The molecule has 8 heteroatoms. The molecule has 0 saturated heterocycles. The Bertz CT molecular complexity index is 576. The van der Waals surface area contributed by atoms with E-state index in [2.05, 4.69) is 5.32 Å². The number of rotatable bonds is 6. The van der Waals surface area contributed by atoms with Crippen LogP contribution in [0.5, 0.6) is 0 Å². The van der Waals surface area contributed by atoms with Gasteiger partial charge in [0.2, 0.25) is 15.7 Å². The van der Waals surface area contributed by atoms with E-state index in [9.17, 15) is 22.0 Å². The summed E-state index contributed by atoms with van der Waals surface area (Å²) >= 11 is 0. The Morgan fingerprint density at radius 1 is 1.35 bits per heavy atom. The van der Waals surface area contributed by atoms with Crippen molar-refractivity contribution >= 4 is 21.4 Å². The van der Waals surface area contributed by atoms with Crippen molar-refractivity contribution in [3.63, 3.8) is 0 Å². The van der Waals surface area contributed by atoms with Gasteiger partial charge in [0.1, 0.15) is 0 Å². The number of halogens is 2. The second-order valence-electron chi connectivity index (χ2n) is 4.06. The van der Waals surface area contributed by atoms with Crippen molar-refractivity contribution in [2.45, 2.75) is 17.6 Å². The minimum absolute atomic E-state index is 0.00865. The second kappa shape index (κ2) is 6.65. The molecule has 0 unspecified atom stereocenters. The SMILES string of the molecule is CCN(C)C(=O)CNc1ccccc1S(=O)(=O)C(F)F. The highest BCUT2D eigenvalue weighted by atomic mass is 32.2. The molecule has 0 spiro atoms. The summed E-state index contributed by atoms with van der Waals surface area (Å²) in [4.78, 5) is 12.5. The van der Waals surface area contributed by atoms with E-state index in [-0.39, 0.29) is 18.1 Å². The fraction of sp³-hybridized carbons (Fsp3) is 0.417. The van der Waals surface area contributed by atoms with Crippen molar-refractivity contribution in [3.05, 3.63) is 24.3 Å². The summed E-state index contributed by atoms with van der Waals surface area (Å²) in [6.45, 7) is 2.12. The maximum atomic E-state index is 12.6. The molecule has 112 valence electrons. The van der Waals surface area contributed by atoms with Gasteiger partial charge in [0.25, 0.3) is 0 Å². The number of benzene rings is 1. The Kier molecular flexibility index (Phi) is 5.43. The first kappa shape index (κ1) is 16.4. The van der Waals surface area contributed by atoms with E-state index in [0.717, 1.165) is 6.07 Å². The summed E-state index contributed by atoms with van der Waals surface area (Å²) in [5, 5.41) is 2.59. The quantitative estimate of drug-likeness (QED) is 0.866. The van der Waals surface area contributed by atoms with Crippen molar-refractivity contribution in [2.75, 3.05) is 25.5 Å². The van der Waals surface area contributed by atoms with E-state index in [1.807, 2.05) is 0 Å². The molecule has 0 bridgehead atoms. The molecule has 20 heavy (non-hydrogen) atoms. The summed E-state index contributed by atoms with van der Waals surface area (Å²) in [6.07, 6.45) is 0. The van der Waals surface area contributed by atoms with Crippen LogP contribution in [0.3, 0.4) is 0 Å². The zero-order valence-corrected chi connectivity index (χ0v) is 12.0. The van der Waals surface area contributed by atoms with Gasteiger partial charge in [-0.3, -0.25) is 4.79 Å². The summed E-state index contributed by atoms with van der Waals surface area (Å²) in [7, 11) is -3.11. The number of para-hydroxylation sites is 1. The number of anilines is 1. The van der Waals surface area contributed by atoms with Crippen molar-refractivity contribution in [1.29, 1.82) is 0 Å². The highest BCUT2D eigenvalue weighted by Gasteiger charge is 2.29. The number of carbonyl (C=O) groups excluding carboxylic acids is 1. The van der Waals surface area contributed by atoms with Crippen LogP contribution in [0.25, 0.3) is 0 Å². The van der Waals surface area contributed by atoms with Crippen LogP contribution in [-0.4, -0.2) is 45.1 Å². The molecular formula is C12H16F2N2O3S. The van der Waals surface area contributed by atoms with Gasteiger partial charge >= 0.3 is 5.76 Å². The van der Waals surface area contributed by atoms with Crippen LogP contribution in [0.2, 0.25) is 0 Å². The molecule has 0 heterocycles. The lowest BCUT2D eigenvalue weighted by molar-refractivity contribution is -0.127. The third-order valence-electron chi connectivity index (χ3n) is 2.76. The smallest absolute Gasteiger partial charge is 0.341 e. The number of carbonyl (C=O) groups is 1. The fourth-order valence-electron chi connectivity index (χ4n) is 1.44. The minimum atomic E-state index is -4.70. The first-order chi connectivity index (χ1) is 9.30. The maximum absolute atomic E-state index is 12.6. The number of alkyl halides is 2. The number of hydrogen-bond donors (Lipinski definition) is 1. The molecule has 1 rings (SSSR count). The lowest BCUT2D eigenvalue weighted by Gasteiger charge is -2.16. The molecule has 1 aromatic carbocycles. The summed E-state index contributed by atoms with van der Waals surface area (Å²) in [5.74, 6) is -3.77. The molecule has 1 amide bonds. The van der Waals surface area contributed by atoms with Gasteiger partial charge in [0, 0.05) is 13.6 Å². The lowest BCUT2D eigenvalue weighted by Crippen LogP contribution is -2.32. The lowest BCUT2D eigenvalue weighted by atomic mass is 10.3. The van der Waals surface area contributed by atoms with Crippen LogP contribution < -0.4 is 5.32 Å². The molecular weight excluding hydrogens is 290 g/mol. The van der Waals surface area contributed by atoms with Crippen LogP contribution in [0.1, 0.15) is 6.92 Å². The van der Waals surface area contributed by atoms with E-state index in [4.69, 9.17) is 0 Å². The Hall–Kier alpha value is -1.70. The number of likely N-dealkylation sites (N-methyl/N-ethyl adjacent to an activating group) is 1. The Morgan fingerprint density at radius 2 is 1.95 bits per heavy atom. The Labute approximate surface area is 116 Å². The van der Waals surface area contributed by atoms with Gasteiger partial charge in [0.15, 0.2) is 0 Å². The largest absolute Gasteiger partial charge is 0.375 e. The summed E-state index contributed by atoms with van der Waals surface area (Å²) < 4.78 is 48.1. The Morgan fingerprint density at radius 3 is 2.50 bits per heavy atom. The van der Waals surface area contributed by atoms with E-state index >= 15 is 0 Å². The third-order valence-corrected chi connectivity index (χ3v) is 4.20. The van der Waals surface area contributed by atoms with Crippen molar-refractivity contribution in [1.82, 2.24) is 4.90 Å². The average Bonchev–Trinajstić information content (AvgIpc) is 2.43. The summed E-state index contributed by atoms with van der Waals surface area (Å²) in [6, 6.07) is 5.27. The van der Waals surface area contributed by atoms with Gasteiger partial charge in [-0.25, -0.2) is 8.42 Å². The van der Waals surface area contributed by atoms with E-state index in [1.165, 1.54) is 23.1 Å². The van der Waals surface area contributed by atoms with Gasteiger partial charge in [-0.2, -0.15) is 8.78 Å². The number of nitrogens with zero attached hydrogens (tertiary/aromatic N) is 1. The maximum Gasteiger partial charge on any atom is 0.341 e. The van der Waals surface area contributed by atoms with E-state index < -0.39 is 20.5 Å². The molecule has 0 saturated carbocycles. The van der Waals surface area contributed by atoms with Gasteiger partial charge in [0.05, 0.1) is 17.1 Å². The monoisotopic (exact) mass is 306 g/mol. The van der Waals surface area contributed by atoms with Crippen LogP contribution in [-0.2, 0) is 14.6 Å². The van der Waals surface area contributed by atoms with Crippen molar-refractivity contribution < 1.29 is 22.0 Å². The standard InChI is InChI=1S/C12H16F2N2O3S/c1-3-16(2)11(17)8-15-9-6-4-5-7-10(9)20(18,19)12(13)14/h4-7,12,15H,3,8H2,1-2H3. The topological polar surface area (TPSA) is 66.5 Å². The molecule has 1 N–H and O–H groups in total. The van der Waals surface area contributed by atoms with Crippen molar-refractivity contribution in [3.8, 4) is 0 Å². The average molecular weight is 306 g/mol. The number of amides is 1. The zero-order chi connectivity index (χ0) is 15.3. The molecule has 0 fully saturated rings. The molecule has 0 aromatic heterocycles. The predicted molar refractivity (Wildman–Crippen MR) is 71.4 cm³/mol. The summed E-state index contributed by atoms with van der Waals surface area (Å²) in [5.41, 5.74) is -0.00865. The fourth-order valence-corrected chi connectivity index (χ4v) is 2.35. The number of sulfone groups is 1. The van der Waals surface area contributed by atoms with E-state index in [0.29, 0.717) is 6.54 Å². The first-order valence-corrected chi connectivity index (χ1v) is 7.44. The van der Waals surface area contributed by atoms with Crippen LogP contribution in [0, 0.1) is 0 Å². The number of hydrogen-bond acceptors (Lipinski definition) is 4. The first-order valence-electron chi connectivity index (χ1n) is 5.89. The van der Waals surface area contributed by atoms with Gasteiger partial charge < -0.3 is 10.2 Å². The van der Waals surface area contributed by atoms with Gasteiger partial charge in [-0.1, -0.05) is 12.1 Å². The third kappa shape index (κ3) is 3.66. The highest BCUT2D eigenvalue weighted by molar-refractivity contribution is 7.91. The zero-order valence-electron chi connectivity index (χ0n) is 11.1. The highest BCUT2D eigenvalue weighted by Crippen LogP contribution is 2.25. The van der Waals surface area contributed by atoms with Crippen molar-refractivity contribution in [2.24, 2.45) is 0 Å². The minimum Gasteiger partial charge on any atom is -0.375 e. The van der Waals surface area contributed by atoms with Gasteiger partial charge in [-0.05, 0) is 19.1 Å². The van der Waals surface area contributed by atoms with Crippen LogP contribution in [0.15, 0.2) is 29.2 Å². The molecule has 0 aliphatic carbocycles. The molecule has 0 atom stereocenters. The Balaban J connectivity index is 2.96. The molecule has 0 aliphatic rings. The normalized spacial score (nSPS) is 11.4. The van der Waals surface area contributed by atoms with Crippen LogP contribution >= 0.6 is 0 Å². The molecule has 0 radical (unpaired) electrons. The van der Waals surface area contributed by atoms with Gasteiger partial charge in [-0.15, -0.1) is 0 Å². The molecule has 0 aliphatic heterocycles. The molecule has 1 aromatic rings.